The van der Waals surface area contributed by atoms with Gasteiger partial charge >= 0.3 is 5.97 Å². The molecular formula is C16H20O4. The molecule has 1 N–H and O–H groups in total. The lowest BCUT2D eigenvalue weighted by Gasteiger charge is -2.20. The van der Waals surface area contributed by atoms with Gasteiger partial charge in [-0.15, -0.1) is 0 Å². The molecule has 0 unspecified atom stereocenters. The molecular weight excluding hydrogens is 256 g/mol. The van der Waals surface area contributed by atoms with Crippen LogP contribution < -0.4 is 4.74 Å². The van der Waals surface area contributed by atoms with Crippen molar-refractivity contribution < 1.29 is 19.4 Å². The first kappa shape index (κ1) is 13.4. The Morgan fingerprint density at radius 1 is 1.50 bits per heavy atom. The van der Waals surface area contributed by atoms with E-state index in [1.165, 1.54) is 0 Å². The first-order valence-electron chi connectivity index (χ1n) is 7.27. The monoisotopic (exact) mass is 276 g/mol. The van der Waals surface area contributed by atoms with E-state index in [-0.39, 0.29) is 6.10 Å². The Morgan fingerprint density at radius 3 is 2.85 bits per heavy atom. The van der Waals surface area contributed by atoms with Gasteiger partial charge in [0.15, 0.2) is 0 Å². The maximum atomic E-state index is 11.6. The van der Waals surface area contributed by atoms with Crippen LogP contribution in [0.15, 0.2) is 18.2 Å². The van der Waals surface area contributed by atoms with Crippen molar-refractivity contribution in [3.8, 4) is 5.75 Å². The van der Waals surface area contributed by atoms with E-state index in [0.29, 0.717) is 19.4 Å². The molecule has 0 aromatic heterocycles. The van der Waals surface area contributed by atoms with Crippen LogP contribution in [0.5, 0.6) is 5.75 Å². The zero-order valence-electron chi connectivity index (χ0n) is 11.7. The highest BCUT2D eigenvalue weighted by molar-refractivity contribution is 5.86. The normalized spacial score (nSPS) is 23.6. The van der Waals surface area contributed by atoms with E-state index in [1.807, 2.05) is 18.2 Å². The van der Waals surface area contributed by atoms with Gasteiger partial charge in [0.25, 0.3) is 0 Å². The molecule has 1 aromatic carbocycles. The summed E-state index contributed by atoms with van der Waals surface area (Å²) in [6, 6.07) is 5.95. The molecule has 1 saturated heterocycles. The first-order valence-corrected chi connectivity index (χ1v) is 7.27. The lowest BCUT2D eigenvalue weighted by Crippen LogP contribution is -2.23. The topological polar surface area (TPSA) is 55.8 Å². The van der Waals surface area contributed by atoms with Crippen molar-refractivity contribution in [2.75, 3.05) is 13.2 Å². The molecule has 1 heterocycles. The number of aliphatic carboxylic acids is 1. The van der Waals surface area contributed by atoms with Crippen molar-refractivity contribution in [1.82, 2.24) is 0 Å². The fraction of sp³-hybridized carbons (Fsp3) is 0.562. The van der Waals surface area contributed by atoms with E-state index >= 15 is 0 Å². The van der Waals surface area contributed by atoms with Gasteiger partial charge in [-0.1, -0.05) is 19.1 Å². The Hall–Kier alpha value is -1.55. The molecule has 0 spiro atoms. The maximum Gasteiger partial charge on any atom is 0.314 e. The van der Waals surface area contributed by atoms with Crippen LogP contribution >= 0.6 is 0 Å². The van der Waals surface area contributed by atoms with Crippen LogP contribution in [0.4, 0.5) is 0 Å². The Labute approximate surface area is 118 Å². The minimum Gasteiger partial charge on any atom is -0.488 e. The van der Waals surface area contributed by atoms with Crippen molar-refractivity contribution in [2.45, 2.75) is 44.1 Å². The molecule has 4 nitrogen and oxygen atoms in total. The third kappa shape index (κ3) is 2.29. The third-order valence-corrected chi connectivity index (χ3v) is 4.31. The van der Waals surface area contributed by atoms with Crippen LogP contribution in [0, 0.1) is 0 Å². The van der Waals surface area contributed by atoms with E-state index < -0.39 is 11.4 Å². The van der Waals surface area contributed by atoms with Crippen molar-refractivity contribution in [3.63, 3.8) is 0 Å². The highest BCUT2D eigenvalue weighted by atomic mass is 16.5. The van der Waals surface area contributed by atoms with Gasteiger partial charge in [-0.05, 0) is 30.9 Å². The number of ether oxygens (including phenoxy) is 2. The molecule has 20 heavy (non-hydrogen) atoms. The second-order valence-corrected chi connectivity index (χ2v) is 5.67. The largest absolute Gasteiger partial charge is 0.488 e. The van der Waals surface area contributed by atoms with Crippen molar-refractivity contribution in [1.29, 1.82) is 0 Å². The number of carbonyl (C=O) groups is 1. The number of benzene rings is 1. The Bertz CT molecular complexity index is 513. The zero-order chi connectivity index (χ0) is 14.2. The molecule has 0 amide bonds. The van der Waals surface area contributed by atoms with Crippen molar-refractivity contribution in [3.05, 3.63) is 29.3 Å². The molecule has 2 aliphatic rings. The molecule has 4 heteroatoms. The maximum absolute atomic E-state index is 11.6. The van der Waals surface area contributed by atoms with Gasteiger partial charge in [0, 0.05) is 12.0 Å². The van der Waals surface area contributed by atoms with Crippen LogP contribution in [0.25, 0.3) is 0 Å². The molecule has 1 saturated carbocycles. The predicted molar refractivity (Wildman–Crippen MR) is 74.2 cm³/mol. The van der Waals surface area contributed by atoms with E-state index in [2.05, 4.69) is 6.92 Å². The smallest absolute Gasteiger partial charge is 0.314 e. The highest BCUT2D eigenvalue weighted by Crippen LogP contribution is 2.52. The quantitative estimate of drug-likeness (QED) is 0.898. The molecule has 1 aromatic rings. The van der Waals surface area contributed by atoms with E-state index in [9.17, 15) is 9.90 Å². The zero-order valence-corrected chi connectivity index (χ0v) is 11.7. The highest BCUT2D eigenvalue weighted by Gasteiger charge is 2.53. The SMILES string of the molecule is CCc1ccc(O[C@@H]2CCOC2)c(C2(C(=O)O)CC2)c1. The summed E-state index contributed by atoms with van der Waals surface area (Å²) in [5.41, 5.74) is 1.28. The van der Waals surface area contributed by atoms with Crippen LogP contribution in [-0.4, -0.2) is 30.4 Å². The second-order valence-electron chi connectivity index (χ2n) is 5.67. The summed E-state index contributed by atoms with van der Waals surface area (Å²) in [6.07, 6.45) is 3.22. The molecule has 1 aliphatic heterocycles. The average molecular weight is 276 g/mol. The summed E-state index contributed by atoms with van der Waals surface area (Å²) in [6.45, 7) is 3.39. The average Bonchev–Trinajstić information content (AvgIpc) is 3.11. The van der Waals surface area contributed by atoms with Gasteiger partial charge in [0.05, 0.1) is 18.6 Å². The molecule has 0 radical (unpaired) electrons. The lowest BCUT2D eigenvalue weighted by molar-refractivity contribution is -0.140. The van der Waals surface area contributed by atoms with Gasteiger partial charge in [0.1, 0.15) is 11.9 Å². The Balaban J connectivity index is 1.94. The molecule has 1 atom stereocenters. The summed E-state index contributed by atoms with van der Waals surface area (Å²) in [4.78, 5) is 11.6. The third-order valence-electron chi connectivity index (χ3n) is 4.31. The summed E-state index contributed by atoms with van der Waals surface area (Å²) < 4.78 is 11.3. The van der Waals surface area contributed by atoms with Gasteiger partial charge in [-0.25, -0.2) is 0 Å². The van der Waals surface area contributed by atoms with Gasteiger partial charge in [-0.2, -0.15) is 0 Å². The molecule has 2 fully saturated rings. The fourth-order valence-electron chi connectivity index (χ4n) is 2.78. The summed E-state index contributed by atoms with van der Waals surface area (Å²) >= 11 is 0. The minimum absolute atomic E-state index is 0.0471. The van der Waals surface area contributed by atoms with Gasteiger partial charge in [0.2, 0.25) is 0 Å². The first-order chi connectivity index (χ1) is 9.65. The molecule has 3 rings (SSSR count). The summed E-state index contributed by atoms with van der Waals surface area (Å²) in [7, 11) is 0. The lowest BCUT2D eigenvalue weighted by atomic mass is 9.93. The molecule has 0 bridgehead atoms. The van der Waals surface area contributed by atoms with Crippen LogP contribution in [0.1, 0.15) is 37.3 Å². The predicted octanol–water partition coefficient (Wildman–Crippen LogP) is 2.53. The second kappa shape index (κ2) is 5.09. The van der Waals surface area contributed by atoms with Crippen LogP contribution in [0.2, 0.25) is 0 Å². The summed E-state index contributed by atoms with van der Waals surface area (Å²) in [5.74, 6) is -0.0177. The van der Waals surface area contributed by atoms with Gasteiger partial charge in [-0.3, -0.25) is 4.79 Å². The number of carboxylic acids is 1. The Kier molecular flexibility index (Phi) is 3.42. The number of carboxylic acid groups (broad SMARTS) is 1. The minimum atomic E-state index is -0.738. The standard InChI is InChI=1S/C16H20O4/c1-2-11-3-4-14(20-12-5-8-19-10-12)13(9-11)16(6-7-16)15(17)18/h3-4,9,12H,2,5-8,10H2,1H3,(H,17,18)/t12-/m1/s1. The number of hydrogen-bond acceptors (Lipinski definition) is 3. The van der Waals surface area contributed by atoms with Crippen molar-refractivity contribution in [2.24, 2.45) is 0 Å². The number of hydrogen-bond donors (Lipinski definition) is 1. The number of rotatable bonds is 5. The van der Waals surface area contributed by atoms with E-state index in [0.717, 1.165) is 36.3 Å². The summed E-state index contributed by atoms with van der Waals surface area (Å²) in [5, 5.41) is 9.53. The van der Waals surface area contributed by atoms with E-state index in [1.54, 1.807) is 0 Å². The molecule has 1 aliphatic carbocycles. The van der Waals surface area contributed by atoms with Gasteiger partial charge < -0.3 is 14.6 Å². The molecule has 108 valence electrons. The van der Waals surface area contributed by atoms with Crippen LogP contribution in [0.3, 0.4) is 0 Å². The Morgan fingerprint density at radius 2 is 2.30 bits per heavy atom. The van der Waals surface area contributed by atoms with E-state index in [4.69, 9.17) is 9.47 Å². The number of aryl methyl sites for hydroxylation is 1. The fourth-order valence-corrected chi connectivity index (χ4v) is 2.78. The van der Waals surface area contributed by atoms with Crippen molar-refractivity contribution >= 4 is 5.97 Å². The van der Waals surface area contributed by atoms with Crippen LogP contribution in [-0.2, 0) is 21.4 Å².